The number of hydrogen-bond donors (Lipinski definition) is 0. The molecule has 8 fully saturated rings. The first-order valence-corrected chi connectivity index (χ1v) is 32.2. The van der Waals surface area contributed by atoms with E-state index in [1.54, 1.807) is 15.9 Å². The van der Waals surface area contributed by atoms with Crippen LogP contribution in [0.15, 0.2) is 0 Å². The van der Waals surface area contributed by atoms with Crippen LogP contribution in [0.4, 0.5) is 35.1 Å². The standard InChI is InChI=1S/C17H23BrF4O4.C17H24F4O6S.3Na.O4S2/c1-24-10-26-15-7-11-4-12(8-15)6-14(5-11,9-15)13(23)25-3-2-16(19,20)17(18,21)22;1-25-10-27-15-7-11-4-12(8-15)6-14(5-11,9-15)13(22)26-3-2-16(18,19)17(20,21)28(23)24;;;;1-5(2)6(3)4/h11-12H,2-10H2,1H3;11-12H,2-10H2,1H3,(H,23,24);;;;/q;;;;+1;/p-1. The molecule has 8 aliphatic carbocycles. The van der Waals surface area contributed by atoms with Crippen LogP contribution in [0.2, 0.25) is 0 Å². The van der Waals surface area contributed by atoms with Gasteiger partial charge in [-0.05, 0) is 117 Å². The molecule has 0 radical (unpaired) electrons. The van der Waals surface area contributed by atoms with Crippen molar-refractivity contribution in [2.75, 3.05) is 41.0 Å². The molecular weight excluding hydrogens is 1030 g/mol. The molecule has 0 aromatic rings. The molecule has 350 valence electrons. The second kappa shape index (κ2) is 24.5. The topological polar surface area (TPSA) is 198 Å². The summed E-state index contributed by atoms with van der Waals surface area (Å²) in [6.07, 6.45) is 5.74. The number of halogens is 9. The van der Waals surface area contributed by atoms with E-state index in [-0.39, 0.29) is 55.0 Å². The maximum absolute atomic E-state index is 13.5. The third kappa shape index (κ3) is 15.2. The molecule has 5 unspecified atom stereocenters. The second-order valence-electron chi connectivity index (χ2n) is 16.8. The van der Waals surface area contributed by atoms with Gasteiger partial charge in [0, 0.05) is 25.3 Å². The van der Waals surface area contributed by atoms with Gasteiger partial charge in [-0.3, -0.25) is 13.8 Å². The van der Waals surface area contributed by atoms with Crippen molar-refractivity contribution in [2.45, 2.75) is 123 Å². The van der Waals surface area contributed by atoms with Gasteiger partial charge >= 0.3 is 126 Å². The van der Waals surface area contributed by atoms with Crippen LogP contribution in [0.3, 0.4) is 0 Å². The van der Waals surface area contributed by atoms with Gasteiger partial charge in [0.2, 0.25) is 0 Å². The molecule has 0 aromatic heterocycles. The average molecular weight is 1080 g/mol. The molecule has 29 heteroatoms. The van der Waals surface area contributed by atoms with Gasteiger partial charge in [-0.2, -0.15) is 52.0 Å². The Balaban J connectivity index is 0.000000367. The summed E-state index contributed by atoms with van der Waals surface area (Å²) in [5, 5.41) is -5.22. The number of alkyl halides is 9. The zero-order valence-corrected chi connectivity index (χ0v) is 45.4. The third-order valence-electron chi connectivity index (χ3n) is 12.3. The first-order valence-electron chi connectivity index (χ1n) is 19.7. The van der Waals surface area contributed by atoms with E-state index >= 15 is 0 Å². The molecule has 8 aliphatic rings. The molecule has 8 rings (SSSR count). The van der Waals surface area contributed by atoms with Crippen LogP contribution in [0.5, 0.6) is 0 Å². The molecule has 0 aromatic carbocycles. The van der Waals surface area contributed by atoms with Gasteiger partial charge in [0.1, 0.15) is 13.6 Å². The summed E-state index contributed by atoms with van der Waals surface area (Å²) in [6.45, 7) is -1.51. The van der Waals surface area contributed by atoms with Crippen LogP contribution in [0.25, 0.3) is 0 Å². The van der Waals surface area contributed by atoms with Crippen LogP contribution >= 0.6 is 15.9 Å². The van der Waals surface area contributed by atoms with Gasteiger partial charge in [0.25, 0.3) is 0 Å². The molecule has 63 heavy (non-hydrogen) atoms. The van der Waals surface area contributed by atoms with Gasteiger partial charge in [-0.25, -0.2) is 0 Å². The van der Waals surface area contributed by atoms with Crippen LogP contribution in [0, 0.1) is 34.5 Å². The van der Waals surface area contributed by atoms with E-state index in [2.05, 4.69) is 0 Å². The molecule has 0 amide bonds. The Labute approximate surface area is 423 Å². The Kier molecular flexibility index (Phi) is 23.6. The number of esters is 2. The minimum atomic E-state index is -5.22. The first-order chi connectivity index (χ1) is 28.6. The zero-order valence-electron chi connectivity index (χ0n) is 35.4. The van der Waals surface area contributed by atoms with E-state index in [4.69, 9.17) is 45.3 Å². The van der Waals surface area contributed by atoms with E-state index in [1.165, 1.54) is 57.8 Å². The van der Waals surface area contributed by atoms with Gasteiger partial charge < -0.3 is 33.0 Å². The van der Waals surface area contributed by atoms with Crippen LogP contribution in [0.1, 0.15) is 89.9 Å². The fourth-order valence-electron chi connectivity index (χ4n) is 10.8. The Morgan fingerprint density at radius 3 is 1.22 bits per heavy atom. The number of methoxy groups -OCH3 is 2. The van der Waals surface area contributed by atoms with Crippen molar-refractivity contribution in [1.29, 1.82) is 0 Å². The molecule has 14 nitrogen and oxygen atoms in total. The summed E-state index contributed by atoms with van der Waals surface area (Å²) in [5.41, 5.74) is -2.59. The Bertz CT molecular complexity index is 1790. The van der Waals surface area contributed by atoms with Crippen molar-refractivity contribution in [3.05, 3.63) is 0 Å². The number of rotatable bonds is 17. The van der Waals surface area contributed by atoms with E-state index in [9.17, 15) is 53.5 Å². The minimum absolute atomic E-state index is 0. The summed E-state index contributed by atoms with van der Waals surface area (Å²) in [7, 11) is -2.87. The van der Waals surface area contributed by atoms with Gasteiger partial charge in [0.05, 0.1) is 48.1 Å². The summed E-state index contributed by atoms with van der Waals surface area (Å²) < 4.78 is 194. The fourth-order valence-corrected chi connectivity index (χ4v) is 11.3. The van der Waals surface area contributed by atoms with E-state index < -0.39 is 112 Å². The predicted molar refractivity (Wildman–Crippen MR) is 204 cm³/mol. The molecule has 0 N–H and O–H groups in total. The monoisotopic (exact) mass is 1070 g/mol. The molecule has 0 aliphatic heterocycles. The normalized spacial score (nSPS) is 31.7. The van der Waals surface area contributed by atoms with Crippen molar-refractivity contribution >= 4 is 101 Å². The summed E-state index contributed by atoms with van der Waals surface area (Å²) in [4.78, 5) is 21.1. The third-order valence-corrected chi connectivity index (χ3v) is 14.5. The summed E-state index contributed by atoms with van der Waals surface area (Å²) >= 11 is 0.287. The Hall–Kier alpha value is 1.45. The van der Waals surface area contributed by atoms with E-state index in [0.29, 0.717) is 50.4 Å². The van der Waals surface area contributed by atoms with Crippen molar-refractivity contribution in [2.24, 2.45) is 34.5 Å². The van der Waals surface area contributed by atoms with Crippen LogP contribution < -0.4 is 29.6 Å². The molecule has 0 heterocycles. The predicted octanol–water partition coefficient (Wildman–Crippen LogP) is 2.39. The SMILES string of the molecule is COCOC12CC3CC(C1)CC(C(=O)OCCC(F)(F)C(F)(F)Br)(C3)C2.COCOC12CC3CC(C1)CC(C(=O)OCCC(F)(F)C(F)(F)S(=O)[O-])(C3)C2.O=S(=O)=S(=O)=O.[Na+].[Na][Na]. The Morgan fingerprint density at radius 2 is 0.952 bits per heavy atom. The van der Waals surface area contributed by atoms with Crippen molar-refractivity contribution in [3.8, 4) is 0 Å². The van der Waals surface area contributed by atoms with Gasteiger partial charge in [-0.15, -0.1) is 0 Å². The van der Waals surface area contributed by atoms with Gasteiger partial charge in [0.15, 0.2) is 0 Å². The molecule has 8 saturated carbocycles. The van der Waals surface area contributed by atoms with Gasteiger partial charge in [-0.1, -0.05) is 0 Å². The second-order valence-corrected chi connectivity index (χ2v) is 21.2. The fraction of sp³-hybridized carbons (Fsp3) is 0.941. The number of ether oxygens (including phenoxy) is 6. The molecular formula is C34H46BrF8Na3O14S3. The average Bonchev–Trinajstić information content (AvgIpc) is 3.15. The summed E-state index contributed by atoms with van der Waals surface area (Å²) in [5.74, 6) is -9.22. The van der Waals surface area contributed by atoms with E-state index in [1.807, 2.05) is 0 Å². The quantitative estimate of drug-likeness (QED) is 0.0514. The summed E-state index contributed by atoms with van der Waals surface area (Å²) in [6, 6.07) is 0. The molecule has 8 bridgehead atoms. The van der Waals surface area contributed by atoms with Crippen LogP contribution in [-0.4, -0.2) is 155 Å². The van der Waals surface area contributed by atoms with Crippen molar-refractivity contribution in [3.63, 3.8) is 0 Å². The van der Waals surface area contributed by atoms with Crippen molar-refractivity contribution in [1.82, 2.24) is 0 Å². The number of hydrogen-bond acceptors (Lipinski definition) is 14. The molecule has 5 atom stereocenters. The number of carbonyl (C=O) groups excluding carboxylic acids is 2. The van der Waals surface area contributed by atoms with E-state index in [0.717, 1.165) is 38.5 Å². The number of carbonyl (C=O) groups is 2. The Morgan fingerprint density at radius 1 is 0.635 bits per heavy atom. The zero-order chi connectivity index (χ0) is 47.2. The first kappa shape index (κ1) is 60.6. The van der Waals surface area contributed by atoms with Crippen molar-refractivity contribution < 1.29 is 128 Å². The molecule has 0 spiro atoms. The van der Waals surface area contributed by atoms with Crippen LogP contribution in [-0.2, 0) is 67.6 Å². The molecule has 0 saturated heterocycles. The maximum atomic E-state index is 13.5.